The summed E-state index contributed by atoms with van der Waals surface area (Å²) in [4.78, 5) is 0. The van der Waals surface area contributed by atoms with E-state index >= 15 is 0 Å². The number of nitrogens with zero attached hydrogens (tertiary/aromatic N) is 5. The van der Waals surface area contributed by atoms with Crippen molar-refractivity contribution in [2.75, 3.05) is 0 Å². The second kappa shape index (κ2) is 7.30. The molecule has 0 radical (unpaired) electrons. The van der Waals surface area contributed by atoms with Crippen molar-refractivity contribution in [3.05, 3.63) is 81.7 Å². The van der Waals surface area contributed by atoms with Crippen LogP contribution in [0.3, 0.4) is 0 Å². The number of aromatic nitrogens is 5. The first-order valence-corrected chi connectivity index (χ1v) is 9.00. The minimum Gasteiger partial charge on any atom is -0.248 e. The standard InChI is InChI=1S/C19H15ClN6S/c1-13-10-17(15-7-3-2-4-8-15)25(24-13)18-22-23-19(27)26(18)21-12-14-6-5-9-16(20)11-14/h2-12H,1H3,(H,23,27)/b21-12+. The normalized spacial score (nSPS) is 11.3. The highest BCUT2D eigenvalue weighted by Crippen LogP contribution is 2.23. The fraction of sp³-hybridized carbons (Fsp3) is 0.0526. The summed E-state index contributed by atoms with van der Waals surface area (Å²) in [5.74, 6) is 0.477. The monoisotopic (exact) mass is 394 g/mol. The Kier molecular flexibility index (Phi) is 4.70. The van der Waals surface area contributed by atoms with E-state index in [0.29, 0.717) is 15.7 Å². The summed E-state index contributed by atoms with van der Waals surface area (Å²) < 4.78 is 3.64. The Morgan fingerprint density at radius 3 is 2.70 bits per heavy atom. The van der Waals surface area contributed by atoms with Crippen LogP contribution in [0, 0.1) is 11.7 Å². The molecule has 0 fully saturated rings. The summed E-state index contributed by atoms with van der Waals surface area (Å²) in [6.45, 7) is 1.93. The zero-order valence-corrected chi connectivity index (χ0v) is 15.9. The van der Waals surface area contributed by atoms with E-state index in [1.165, 1.54) is 4.68 Å². The highest BCUT2D eigenvalue weighted by atomic mass is 35.5. The average Bonchev–Trinajstić information content (AvgIpc) is 3.23. The van der Waals surface area contributed by atoms with Crippen LogP contribution >= 0.6 is 23.8 Å². The first-order chi connectivity index (χ1) is 13.1. The van der Waals surface area contributed by atoms with E-state index in [9.17, 15) is 0 Å². The van der Waals surface area contributed by atoms with Crippen LogP contribution in [0.4, 0.5) is 0 Å². The molecule has 2 aromatic carbocycles. The third-order valence-electron chi connectivity index (χ3n) is 3.89. The van der Waals surface area contributed by atoms with Gasteiger partial charge < -0.3 is 0 Å². The van der Waals surface area contributed by atoms with Gasteiger partial charge in [-0.2, -0.15) is 19.6 Å². The number of aromatic amines is 1. The lowest BCUT2D eigenvalue weighted by Gasteiger charge is -2.06. The van der Waals surface area contributed by atoms with Crippen LogP contribution < -0.4 is 0 Å². The molecular formula is C19H15ClN6S. The lowest BCUT2D eigenvalue weighted by atomic mass is 10.1. The van der Waals surface area contributed by atoms with Gasteiger partial charge in [0.2, 0.25) is 4.77 Å². The third kappa shape index (κ3) is 3.60. The Labute approximate surface area is 165 Å². The molecule has 6 nitrogen and oxygen atoms in total. The molecule has 4 aromatic rings. The zero-order chi connectivity index (χ0) is 18.8. The minimum absolute atomic E-state index is 0.371. The number of aryl methyl sites for hydroxylation is 1. The Bertz CT molecular complexity index is 1170. The van der Waals surface area contributed by atoms with Crippen molar-refractivity contribution in [3.63, 3.8) is 0 Å². The summed E-state index contributed by atoms with van der Waals surface area (Å²) in [5.41, 5.74) is 3.66. The number of nitrogens with one attached hydrogen (secondary N) is 1. The molecule has 0 aliphatic carbocycles. The molecule has 0 aliphatic heterocycles. The largest absolute Gasteiger partial charge is 0.272 e. The van der Waals surface area contributed by atoms with E-state index in [0.717, 1.165) is 22.5 Å². The Hall–Kier alpha value is -3.03. The molecule has 2 heterocycles. The molecule has 134 valence electrons. The number of halogens is 1. The molecule has 0 atom stereocenters. The van der Waals surface area contributed by atoms with Crippen molar-refractivity contribution in [2.45, 2.75) is 6.92 Å². The van der Waals surface area contributed by atoms with Crippen LogP contribution in [0.15, 0.2) is 65.8 Å². The summed E-state index contributed by atoms with van der Waals surface area (Å²) in [7, 11) is 0. The minimum atomic E-state index is 0.371. The van der Waals surface area contributed by atoms with Crippen molar-refractivity contribution in [1.29, 1.82) is 0 Å². The van der Waals surface area contributed by atoms with Crippen LogP contribution in [0.25, 0.3) is 17.2 Å². The second-order valence-electron chi connectivity index (χ2n) is 5.89. The van der Waals surface area contributed by atoms with Gasteiger partial charge in [-0.05, 0) is 42.9 Å². The van der Waals surface area contributed by atoms with Crippen LogP contribution in [0.2, 0.25) is 5.02 Å². The predicted octanol–water partition coefficient (Wildman–Crippen LogP) is 4.64. The molecular weight excluding hydrogens is 380 g/mol. The molecule has 8 heteroatoms. The van der Waals surface area contributed by atoms with Gasteiger partial charge in [0.25, 0.3) is 5.95 Å². The van der Waals surface area contributed by atoms with E-state index in [-0.39, 0.29) is 0 Å². The van der Waals surface area contributed by atoms with Crippen molar-refractivity contribution in [1.82, 2.24) is 24.7 Å². The molecule has 27 heavy (non-hydrogen) atoms. The maximum atomic E-state index is 6.03. The quantitative estimate of drug-likeness (QED) is 0.405. The van der Waals surface area contributed by atoms with Crippen LogP contribution in [-0.4, -0.2) is 30.9 Å². The predicted molar refractivity (Wildman–Crippen MR) is 109 cm³/mol. The summed E-state index contributed by atoms with van der Waals surface area (Å²) in [5, 5.41) is 16.8. The van der Waals surface area contributed by atoms with Gasteiger partial charge in [-0.25, -0.2) is 5.10 Å². The van der Waals surface area contributed by atoms with E-state index in [1.807, 2.05) is 67.6 Å². The van der Waals surface area contributed by atoms with Gasteiger partial charge in [0.05, 0.1) is 17.6 Å². The van der Waals surface area contributed by atoms with Gasteiger partial charge >= 0.3 is 0 Å². The molecule has 0 saturated heterocycles. The average molecular weight is 395 g/mol. The van der Waals surface area contributed by atoms with Crippen LogP contribution in [0.5, 0.6) is 0 Å². The maximum Gasteiger partial charge on any atom is 0.272 e. The Morgan fingerprint density at radius 1 is 1.11 bits per heavy atom. The molecule has 0 unspecified atom stereocenters. The lowest BCUT2D eigenvalue weighted by molar-refractivity contribution is 0.733. The molecule has 0 amide bonds. The molecule has 4 rings (SSSR count). The number of rotatable bonds is 4. The van der Waals surface area contributed by atoms with Gasteiger partial charge in [0.1, 0.15) is 0 Å². The summed E-state index contributed by atoms with van der Waals surface area (Å²) in [6, 6.07) is 19.4. The van der Waals surface area contributed by atoms with Crippen molar-refractivity contribution < 1.29 is 0 Å². The molecule has 0 aliphatic rings. The smallest absolute Gasteiger partial charge is 0.248 e. The SMILES string of the molecule is Cc1cc(-c2ccccc2)n(-c2n[nH]c(=S)n2/N=C/c2cccc(Cl)c2)n1. The maximum absolute atomic E-state index is 6.03. The lowest BCUT2D eigenvalue weighted by Crippen LogP contribution is -2.07. The van der Waals surface area contributed by atoms with E-state index in [1.54, 1.807) is 10.9 Å². The fourth-order valence-corrected chi connectivity index (χ4v) is 3.08. The number of hydrogen-bond acceptors (Lipinski definition) is 4. The molecule has 0 spiro atoms. The summed E-state index contributed by atoms with van der Waals surface area (Å²) >= 11 is 11.4. The van der Waals surface area contributed by atoms with Crippen molar-refractivity contribution in [2.24, 2.45) is 5.10 Å². The fourth-order valence-electron chi connectivity index (χ4n) is 2.70. The number of H-pyrrole nitrogens is 1. The first-order valence-electron chi connectivity index (χ1n) is 8.21. The highest BCUT2D eigenvalue weighted by molar-refractivity contribution is 7.71. The zero-order valence-electron chi connectivity index (χ0n) is 14.4. The van der Waals surface area contributed by atoms with Gasteiger partial charge in [-0.1, -0.05) is 54.1 Å². The molecule has 2 aromatic heterocycles. The third-order valence-corrected chi connectivity index (χ3v) is 4.39. The molecule has 0 saturated carbocycles. The van der Waals surface area contributed by atoms with Gasteiger partial charge in [0, 0.05) is 10.6 Å². The topological polar surface area (TPSA) is 63.8 Å². The highest BCUT2D eigenvalue weighted by Gasteiger charge is 2.15. The Morgan fingerprint density at radius 2 is 1.93 bits per heavy atom. The van der Waals surface area contributed by atoms with Crippen LogP contribution in [0.1, 0.15) is 11.3 Å². The summed E-state index contributed by atoms with van der Waals surface area (Å²) in [6.07, 6.45) is 1.68. The number of benzene rings is 2. The van der Waals surface area contributed by atoms with Gasteiger partial charge in [0.15, 0.2) is 0 Å². The van der Waals surface area contributed by atoms with Gasteiger partial charge in [-0.3, -0.25) is 0 Å². The first kappa shape index (κ1) is 17.4. The molecule has 1 N–H and O–H groups in total. The number of hydrogen-bond donors (Lipinski definition) is 1. The second-order valence-corrected chi connectivity index (χ2v) is 6.71. The van der Waals surface area contributed by atoms with Crippen molar-refractivity contribution >= 4 is 30.0 Å². The van der Waals surface area contributed by atoms with Gasteiger partial charge in [-0.15, -0.1) is 5.10 Å². The van der Waals surface area contributed by atoms with E-state index < -0.39 is 0 Å². The van der Waals surface area contributed by atoms with Crippen molar-refractivity contribution in [3.8, 4) is 17.2 Å². The van der Waals surface area contributed by atoms with E-state index in [4.69, 9.17) is 23.8 Å². The van der Waals surface area contributed by atoms with E-state index in [2.05, 4.69) is 20.4 Å². The van der Waals surface area contributed by atoms with Crippen LogP contribution in [-0.2, 0) is 0 Å². The molecule has 0 bridgehead atoms. The Balaban J connectivity index is 1.80.